The molecule has 0 saturated carbocycles. The Morgan fingerprint density at radius 2 is 2.06 bits per heavy atom. The van der Waals surface area contributed by atoms with Crippen molar-refractivity contribution in [3.63, 3.8) is 0 Å². The first-order valence-electron chi connectivity index (χ1n) is 5.41. The number of hydrogen-bond donors (Lipinski definition) is 1. The number of benzene rings is 1. The molecule has 0 fully saturated rings. The Kier molecular flexibility index (Phi) is 4.49. The molecule has 2 rings (SSSR count). The third-order valence-corrected chi connectivity index (χ3v) is 4.07. The lowest BCUT2D eigenvalue weighted by Gasteiger charge is -2.11. The van der Waals surface area contributed by atoms with Crippen molar-refractivity contribution in [3.8, 4) is 11.5 Å². The Morgan fingerprint density at radius 1 is 1.22 bits per heavy atom. The molecule has 96 valence electrons. The van der Waals surface area contributed by atoms with Crippen LogP contribution in [0.25, 0.3) is 0 Å². The summed E-state index contributed by atoms with van der Waals surface area (Å²) < 4.78 is 11.6. The minimum atomic E-state index is 0.769. The third kappa shape index (κ3) is 3.17. The van der Waals surface area contributed by atoms with E-state index in [0.29, 0.717) is 0 Å². The Hall–Kier alpha value is -1.20. The Morgan fingerprint density at radius 3 is 2.67 bits per heavy atom. The zero-order valence-electron chi connectivity index (χ0n) is 10.2. The van der Waals surface area contributed by atoms with Gasteiger partial charge in [-0.05, 0) is 45.1 Å². The number of halogens is 1. The van der Waals surface area contributed by atoms with Crippen molar-refractivity contribution in [2.75, 3.05) is 19.5 Å². The van der Waals surface area contributed by atoms with Crippen LogP contribution in [-0.2, 0) is 6.54 Å². The summed E-state index contributed by atoms with van der Waals surface area (Å²) in [6, 6.07) is 7.84. The molecule has 5 heteroatoms. The highest BCUT2D eigenvalue weighted by Gasteiger charge is 2.05. The van der Waals surface area contributed by atoms with E-state index in [1.54, 1.807) is 25.6 Å². The van der Waals surface area contributed by atoms with Crippen molar-refractivity contribution in [2.24, 2.45) is 0 Å². The molecule has 0 atom stereocenters. The van der Waals surface area contributed by atoms with Crippen LogP contribution >= 0.6 is 27.3 Å². The van der Waals surface area contributed by atoms with Gasteiger partial charge in [0.05, 0.1) is 23.7 Å². The molecular weight excluding hydrogens is 314 g/mol. The van der Waals surface area contributed by atoms with Crippen LogP contribution in [0.5, 0.6) is 11.5 Å². The minimum absolute atomic E-state index is 0.769. The van der Waals surface area contributed by atoms with Gasteiger partial charge in [0, 0.05) is 12.6 Å². The molecule has 0 unspecified atom stereocenters. The fourth-order valence-corrected chi connectivity index (χ4v) is 2.79. The number of nitrogens with one attached hydrogen (secondary N) is 1. The Labute approximate surface area is 119 Å². The molecule has 0 aliphatic rings. The fraction of sp³-hybridized carbons (Fsp3) is 0.231. The highest BCUT2D eigenvalue weighted by molar-refractivity contribution is 9.11. The summed E-state index contributed by atoms with van der Waals surface area (Å²) in [5.74, 6) is 1.57. The number of rotatable bonds is 5. The van der Waals surface area contributed by atoms with Crippen molar-refractivity contribution in [1.29, 1.82) is 0 Å². The molecule has 3 nitrogen and oxygen atoms in total. The molecule has 2 aromatic rings. The average Bonchev–Trinajstić information content (AvgIpc) is 2.82. The van der Waals surface area contributed by atoms with E-state index in [2.05, 4.69) is 32.7 Å². The molecule has 0 amide bonds. The first kappa shape index (κ1) is 13.2. The summed E-state index contributed by atoms with van der Waals surface area (Å²) >= 11 is 5.14. The lowest BCUT2D eigenvalue weighted by atomic mass is 10.2. The zero-order chi connectivity index (χ0) is 13.0. The predicted octanol–water partition coefficient (Wildman–Crippen LogP) is 4.14. The topological polar surface area (TPSA) is 30.5 Å². The van der Waals surface area contributed by atoms with Crippen molar-refractivity contribution >= 4 is 33.0 Å². The lowest BCUT2D eigenvalue weighted by molar-refractivity contribution is 0.395. The molecule has 18 heavy (non-hydrogen) atoms. The Balaban J connectivity index is 2.08. The lowest BCUT2D eigenvalue weighted by Crippen LogP contribution is -2.00. The number of hydrogen-bond acceptors (Lipinski definition) is 4. The van der Waals surface area contributed by atoms with Gasteiger partial charge in [-0.15, -0.1) is 11.3 Å². The van der Waals surface area contributed by atoms with Crippen LogP contribution in [0.15, 0.2) is 33.4 Å². The van der Waals surface area contributed by atoms with Crippen LogP contribution in [0, 0.1) is 0 Å². The molecular formula is C13H14BrNO2S. The van der Waals surface area contributed by atoms with E-state index >= 15 is 0 Å². The van der Waals surface area contributed by atoms with Crippen LogP contribution in [0.3, 0.4) is 0 Å². The van der Waals surface area contributed by atoms with Crippen molar-refractivity contribution in [3.05, 3.63) is 39.0 Å². The maximum atomic E-state index is 5.33. The molecule has 0 saturated heterocycles. The van der Waals surface area contributed by atoms with Gasteiger partial charge in [-0.1, -0.05) is 0 Å². The number of ether oxygens (including phenoxy) is 2. The maximum Gasteiger partial charge on any atom is 0.145 e. The summed E-state index contributed by atoms with van der Waals surface area (Å²) in [6.45, 7) is 0.769. The van der Waals surface area contributed by atoms with Crippen LogP contribution in [0.4, 0.5) is 5.69 Å². The maximum absolute atomic E-state index is 5.33. The van der Waals surface area contributed by atoms with Crippen molar-refractivity contribution in [1.82, 2.24) is 0 Å². The van der Waals surface area contributed by atoms with Gasteiger partial charge in [-0.2, -0.15) is 0 Å². The summed E-state index contributed by atoms with van der Waals surface area (Å²) in [4.78, 5) is 0. The van der Waals surface area contributed by atoms with Gasteiger partial charge in [0.25, 0.3) is 0 Å². The molecule has 0 aliphatic carbocycles. The van der Waals surface area contributed by atoms with Gasteiger partial charge in [0.1, 0.15) is 11.5 Å². The van der Waals surface area contributed by atoms with E-state index < -0.39 is 0 Å². The first-order valence-corrected chi connectivity index (χ1v) is 7.09. The third-order valence-electron chi connectivity index (χ3n) is 2.51. The molecule has 1 N–H and O–H groups in total. The van der Waals surface area contributed by atoms with Gasteiger partial charge in [-0.3, -0.25) is 0 Å². The van der Waals surface area contributed by atoms with E-state index in [1.807, 2.05) is 18.2 Å². The molecule has 1 aromatic heterocycles. The van der Waals surface area contributed by atoms with Crippen molar-refractivity contribution in [2.45, 2.75) is 6.54 Å². The zero-order valence-corrected chi connectivity index (χ0v) is 12.6. The largest absolute Gasteiger partial charge is 0.497 e. The van der Waals surface area contributed by atoms with E-state index in [9.17, 15) is 0 Å². The van der Waals surface area contributed by atoms with E-state index in [0.717, 1.165) is 27.5 Å². The second-order valence-corrected chi connectivity index (χ2v) is 5.97. The normalized spacial score (nSPS) is 10.2. The molecule has 0 radical (unpaired) electrons. The van der Waals surface area contributed by atoms with Gasteiger partial charge in [0.2, 0.25) is 0 Å². The molecule has 0 aliphatic heterocycles. The smallest absolute Gasteiger partial charge is 0.145 e. The van der Waals surface area contributed by atoms with Crippen LogP contribution < -0.4 is 14.8 Å². The summed E-state index contributed by atoms with van der Waals surface area (Å²) in [7, 11) is 3.30. The monoisotopic (exact) mass is 327 g/mol. The average molecular weight is 328 g/mol. The SMILES string of the molecule is COc1ccc(NCc2csc(Br)c2)c(OC)c1. The van der Waals surface area contributed by atoms with Gasteiger partial charge < -0.3 is 14.8 Å². The van der Waals surface area contributed by atoms with Crippen LogP contribution in [-0.4, -0.2) is 14.2 Å². The first-order chi connectivity index (χ1) is 8.72. The number of anilines is 1. The van der Waals surface area contributed by atoms with Crippen LogP contribution in [0.2, 0.25) is 0 Å². The number of methoxy groups -OCH3 is 2. The molecule has 1 aromatic carbocycles. The fourth-order valence-electron chi connectivity index (χ4n) is 1.58. The standard InChI is InChI=1S/C13H14BrNO2S/c1-16-10-3-4-11(12(6-10)17-2)15-7-9-5-13(14)18-8-9/h3-6,8,15H,7H2,1-2H3. The van der Waals surface area contributed by atoms with E-state index in [1.165, 1.54) is 5.56 Å². The molecule has 0 bridgehead atoms. The highest BCUT2D eigenvalue weighted by atomic mass is 79.9. The summed E-state index contributed by atoms with van der Waals surface area (Å²) in [5, 5.41) is 5.47. The highest BCUT2D eigenvalue weighted by Crippen LogP contribution is 2.30. The van der Waals surface area contributed by atoms with Gasteiger partial charge >= 0.3 is 0 Å². The summed E-state index contributed by atoms with van der Waals surface area (Å²) in [5.41, 5.74) is 2.20. The quantitative estimate of drug-likeness (QED) is 0.895. The predicted molar refractivity (Wildman–Crippen MR) is 78.9 cm³/mol. The molecule has 0 spiro atoms. The molecule has 1 heterocycles. The van der Waals surface area contributed by atoms with Gasteiger partial charge in [-0.25, -0.2) is 0 Å². The van der Waals surface area contributed by atoms with Crippen molar-refractivity contribution < 1.29 is 9.47 Å². The second kappa shape index (κ2) is 6.11. The number of thiophene rings is 1. The van der Waals surface area contributed by atoms with E-state index in [-0.39, 0.29) is 0 Å². The van der Waals surface area contributed by atoms with Gasteiger partial charge in [0.15, 0.2) is 0 Å². The van der Waals surface area contributed by atoms with Crippen LogP contribution in [0.1, 0.15) is 5.56 Å². The minimum Gasteiger partial charge on any atom is -0.497 e. The van der Waals surface area contributed by atoms with E-state index in [4.69, 9.17) is 9.47 Å². The second-order valence-electron chi connectivity index (χ2n) is 3.68. The Bertz CT molecular complexity index is 527. The summed E-state index contributed by atoms with van der Waals surface area (Å²) in [6.07, 6.45) is 0.